The average molecular weight is 424 g/mol. The zero-order valence-corrected chi connectivity index (χ0v) is 18.6. The zero-order valence-electron chi connectivity index (χ0n) is 18.6. The number of hydrogen-bond donors (Lipinski definition) is 4. The van der Waals surface area contributed by atoms with Gasteiger partial charge in [0.2, 0.25) is 11.8 Å². The van der Waals surface area contributed by atoms with E-state index in [1.165, 1.54) is 31.3 Å². The molecule has 2 unspecified atom stereocenters. The number of ether oxygens (including phenoxy) is 1. The lowest BCUT2D eigenvalue weighted by atomic mass is 10.0. The maximum absolute atomic E-state index is 13.0. The van der Waals surface area contributed by atoms with Crippen LogP contribution in [0.1, 0.15) is 53.1 Å². The van der Waals surface area contributed by atoms with Crippen LogP contribution in [0.3, 0.4) is 0 Å². The minimum absolute atomic E-state index is 0.0162. The number of aliphatic hydroxyl groups is 1. The summed E-state index contributed by atoms with van der Waals surface area (Å²) in [6.07, 6.45) is -0.858. The summed E-state index contributed by atoms with van der Waals surface area (Å²) in [6.45, 7) is 9.76. The molecule has 0 aliphatic carbocycles. The van der Waals surface area contributed by atoms with Crippen LogP contribution in [-0.2, 0) is 14.3 Å². The summed E-state index contributed by atoms with van der Waals surface area (Å²) in [7, 11) is 1.40. The first-order valence-electron chi connectivity index (χ1n) is 9.62. The van der Waals surface area contributed by atoms with Gasteiger partial charge in [-0.15, -0.1) is 0 Å². The highest BCUT2D eigenvalue weighted by Gasteiger charge is 2.35. The van der Waals surface area contributed by atoms with E-state index in [1.54, 1.807) is 41.5 Å². The van der Waals surface area contributed by atoms with Gasteiger partial charge in [0.15, 0.2) is 0 Å². The number of phenols is 1. The standard InChI is InChI=1S/C21H33N3O6/c1-20(2,3)23-17(27)16(13-8-10-14(26)11-9-13)24(7)18(28)15(12-25)22-19(29)30-21(4,5)6/h8-11,15-16,25-26H,12H2,1-7H3,(H,22,29)(H,23,27). The monoisotopic (exact) mass is 423 g/mol. The minimum atomic E-state index is -1.30. The highest BCUT2D eigenvalue weighted by Crippen LogP contribution is 2.24. The van der Waals surface area contributed by atoms with E-state index in [2.05, 4.69) is 10.6 Å². The molecular weight excluding hydrogens is 390 g/mol. The SMILES string of the molecule is CN(C(=O)C(CO)NC(=O)OC(C)(C)C)C(C(=O)NC(C)(C)C)c1ccc(O)cc1. The first-order valence-corrected chi connectivity index (χ1v) is 9.62. The van der Waals surface area contributed by atoms with Crippen LogP contribution in [0.25, 0.3) is 0 Å². The van der Waals surface area contributed by atoms with Crippen molar-refractivity contribution in [3.8, 4) is 5.75 Å². The number of hydrogen-bond acceptors (Lipinski definition) is 6. The summed E-state index contributed by atoms with van der Waals surface area (Å²) >= 11 is 0. The Bertz CT molecular complexity index is 749. The highest BCUT2D eigenvalue weighted by atomic mass is 16.6. The van der Waals surface area contributed by atoms with Gasteiger partial charge in [0.25, 0.3) is 0 Å². The molecule has 0 saturated carbocycles. The predicted octanol–water partition coefficient (Wildman–Crippen LogP) is 1.69. The molecule has 0 heterocycles. The molecule has 0 spiro atoms. The van der Waals surface area contributed by atoms with E-state index in [0.29, 0.717) is 5.56 Å². The minimum Gasteiger partial charge on any atom is -0.508 e. The molecule has 3 amide bonds. The number of carbonyl (C=O) groups excluding carboxylic acids is 3. The van der Waals surface area contributed by atoms with Crippen LogP contribution in [0, 0.1) is 0 Å². The number of aliphatic hydroxyl groups excluding tert-OH is 1. The summed E-state index contributed by atoms with van der Waals surface area (Å²) in [5.74, 6) is -1.11. The maximum atomic E-state index is 13.0. The summed E-state index contributed by atoms with van der Waals surface area (Å²) in [4.78, 5) is 39.1. The number of carbonyl (C=O) groups is 3. The number of rotatable bonds is 6. The summed E-state index contributed by atoms with van der Waals surface area (Å²) in [6, 6.07) is 3.53. The number of nitrogens with zero attached hydrogens (tertiary/aromatic N) is 1. The van der Waals surface area contributed by atoms with Crippen molar-refractivity contribution in [1.82, 2.24) is 15.5 Å². The molecule has 0 radical (unpaired) electrons. The second kappa shape index (κ2) is 9.80. The van der Waals surface area contributed by atoms with Crippen molar-refractivity contribution in [2.24, 2.45) is 0 Å². The zero-order chi connectivity index (χ0) is 23.3. The molecule has 30 heavy (non-hydrogen) atoms. The molecule has 0 bridgehead atoms. The fourth-order valence-electron chi connectivity index (χ4n) is 2.65. The van der Waals surface area contributed by atoms with Crippen molar-refractivity contribution in [3.63, 3.8) is 0 Å². The third-order valence-corrected chi connectivity index (χ3v) is 3.86. The van der Waals surface area contributed by atoms with E-state index < -0.39 is 47.7 Å². The second-order valence-electron chi connectivity index (χ2n) is 9.06. The van der Waals surface area contributed by atoms with Crippen LogP contribution in [0.15, 0.2) is 24.3 Å². The molecule has 0 saturated heterocycles. The van der Waals surface area contributed by atoms with E-state index in [1.807, 2.05) is 0 Å². The van der Waals surface area contributed by atoms with E-state index in [9.17, 15) is 24.6 Å². The molecule has 4 N–H and O–H groups in total. The lowest BCUT2D eigenvalue weighted by molar-refractivity contribution is -0.142. The predicted molar refractivity (Wildman–Crippen MR) is 112 cm³/mol. The smallest absolute Gasteiger partial charge is 0.408 e. The molecule has 1 rings (SSSR count). The fraction of sp³-hybridized carbons (Fsp3) is 0.571. The van der Waals surface area contributed by atoms with E-state index in [4.69, 9.17) is 4.74 Å². The summed E-state index contributed by atoms with van der Waals surface area (Å²) < 4.78 is 5.13. The number of amides is 3. The van der Waals surface area contributed by atoms with Crippen molar-refractivity contribution in [2.45, 2.75) is 64.8 Å². The third-order valence-electron chi connectivity index (χ3n) is 3.86. The van der Waals surface area contributed by atoms with Crippen molar-refractivity contribution < 1.29 is 29.3 Å². The lowest BCUT2D eigenvalue weighted by Gasteiger charge is -2.33. The van der Waals surface area contributed by atoms with Gasteiger partial charge in [0, 0.05) is 12.6 Å². The van der Waals surface area contributed by atoms with Gasteiger partial charge in [0.05, 0.1) is 6.61 Å². The Hall–Kier alpha value is -2.81. The number of likely N-dealkylation sites (N-methyl/N-ethyl adjacent to an activating group) is 1. The summed E-state index contributed by atoms with van der Waals surface area (Å²) in [5.41, 5.74) is -0.874. The molecule has 168 valence electrons. The van der Waals surface area contributed by atoms with Crippen LogP contribution in [0.2, 0.25) is 0 Å². The Morgan fingerprint density at radius 1 is 1.07 bits per heavy atom. The number of aromatic hydroxyl groups is 1. The Kier molecular flexibility index (Phi) is 8.24. The van der Waals surface area contributed by atoms with Crippen molar-refractivity contribution in [2.75, 3.05) is 13.7 Å². The Labute approximate surface area is 177 Å². The molecule has 0 aromatic heterocycles. The molecule has 1 aromatic carbocycles. The molecule has 0 aliphatic heterocycles. The molecule has 2 atom stereocenters. The molecule has 9 heteroatoms. The van der Waals surface area contributed by atoms with Gasteiger partial charge in [-0.3, -0.25) is 9.59 Å². The number of alkyl carbamates (subject to hydrolysis) is 1. The van der Waals surface area contributed by atoms with Crippen molar-refractivity contribution >= 4 is 17.9 Å². The third kappa shape index (κ3) is 7.90. The van der Waals surface area contributed by atoms with Gasteiger partial charge in [-0.25, -0.2) is 4.79 Å². The summed E-state index contributed by atoms with van der Waals surface area (Å²) in [5, 5.41) is 24.4. The first-order chi connectivity index (χ1) is 13.6. The van der Waals surface area contributed by atoms with Crippen LogP contribution in [0.5, 0.6) is 5.75 Å². The second-order valence-corrected chi connectivity index (χ2v) is 9.06. The van der Waals surface area contributed by atoms with Crippen molar-refractivity contribution in [3.05, 3.63) is 29.8 Å². The Balaban J connectivity index is 3.15. The fourth-order valence-corrected chi connectivity index (χ4v) is 2.65. The molecule has 0 aliphatic rings. The molecule has 1 aromatic rings. The van der Waals surface area contributed by atoms with E-state index >= 15 is 0 Å². The Morgan fingerprint density at radius 3 is 2.03 bits per heavy atom. The average Bonchev–Trinajstić information content (AvgIpc) is 2.57. The van der Waals surface area contributed by atoms with Crippen molar-refractivity contribution in [1.29, 1.82) is 0 Å². The van der Waals surface area contributed by atoms with Crippen LogP contribution < -0.4 is 10.6 Å². The van der Waals surface area contributed by atoms with Gasteiger partial charge < -0.3 is 30.5 Å². The van der Waals surface area contributed by atoms with Gasteiger partial charge in [-0.1, -0.05) is 12.1 Å². The highest BCUT2D eigenvalue weighted by molar-refractivity contribution is 5.92. The van der Waals surface area contributed by atoms with Gasteiger partial charge in [-0.2, -0.15) is 0 Å². The Morgan fingerprint density at radius 2 is 1.60 bits per heavy atom. The van der Waals surface area contributed by atoms with Crippen LogP contribution in [-0.4, -0.2) is 63.9 Å². The molecule has 9 nitrogen and oxygen atoms in total. The van der Waals surface area contributed by atoms with E-state index in [0.717, 1.165) is 4.90 Å². The van der Waals surface area contributed by atoms with Gasteiger partial charge in [0.1, 0.15) is 23.4 Å². The number of phenolic OH excluding ortho intramolecular Hbond substituents is 1. The molecular formula is C21H33N3O6. The normalized spacial score (nSPS) is 13.7. The van der Waals surface area contributed by atoms with Gasteiger partial charge >= 0.3 is 6.09 Å². The topological polar surface area (TPSA) is 128 Å². The van der Waals surface area contributed by atoms with Gasteiger partial charge in [-0.05, 0) is 59.2 Å². The molecule has 0 fully saturated rings. The van der Waals surface area contributed by atoms with Crippen LogP contribution >= 0.6 is 0 Å². The number of benzene rings is 1. The van der Waals surface area contributed by atoms with Crippen LogP contribution in [0.4, 0.5) is 4.79 Å². The lowest BCUT2D eigenvalue weighted by Crippen LogP contribution is -2.54. The maximum Gasteiger partial charge on any atom is 0.408 e. The quantitative estimate of drug-likeness (QED) is 0.551. The van der Waals surface area contributed by atoms with E-state index in [-0.39, 0.29) is 5.75 Å². The number of nitrogens with one attached hydrogen (secondary N) is 2. The first kappa shape index (κ1) is 25.2. The largest absolute Gasteiger partial charge is 0.508 e.